The SMILES string of the molecule is Cc1ccc(C(=O)NC(=S)NNC(=O)COc2cc(C)c(Cl)c(C)c2)cc1. The number of hydrogen-bond acceptors (Lipinski definition) is 4. The van der Waals surface area contributed by atoms with Gasteiger partial charge in [-0.2, -0.15) is 0 Å². The molecule has 27 heavy (non-hydrogen) atoms. The van der Waals surface area contributed by atoms with Crippen LogP contribution in [-0.2, 0) is 4.79 Å². The minimum atomic E-state index is -0.452. The zero-order valence-corrected chi connectivity index (χ0v) is 16.8. The molecule has 0 heterocycles. The molecule has 0 aliphatic rings. The van der Waals surface area contributed by atoms with Crippen LogP contribution in [0.15, 0.2) is 36.4 Å². The van der Waals surface area contributed by atoms with E-state index in [0.717, 1.165) is 16.7 Å². The van der Waals surface area contributed by atoms with Crippen molar-refractivity contribution in [1.82, 2.24) is 16.2 Å². The van der Waals surface area contributed by atoms with Crippen LogP contribution in [0.1, 0.15) is 27.0 Å². The van der Waals surface area contributed by atoms with E-state index >= 15 is 0 Å². The quantitative estimate of drug-likeness (QED) is 0.538. The predicted molar refractivity (Wildman–Crippen MR) is 109 cm³/mol. The lowest BCUT2D eigenvalue weighted by molar-refractivity contribution is -0.123. The van der Waals surface area contributed by atoms with Crippen LogP contribution in [-0.4, -0.2) is 23.5 Å². The highest BCUT2D eigenvalue weighted by Crippen LogP contribution is 2.25. The Morgan fingerprint density at radius 1 is 1.04 bits per heavy atom. The molecule has 3 N–H and O–H groups in total. The number of thiocarbonyl (C=S) groups is 1. The highest BCUT2D eigenvalue weighted by molar-refractivity contribution is 7.80. The summed E-state index contributed by atoms with van der Waals surface area (Å²) in [6, 6.07) is 10.5. The maximum atomic E-state index is 12.0. The van der Waals surface area contributed by atoms with Crippen molar-refractivity contribution in [3.8, 4) is 5.75 Å². The summed E-state index contributed by atoms with van der Waals surface area (Å²) in [4.78, 5) is 23.9. The number of ether oxygens (including phenoxy) is 1. The van der Waals surface area contributed by atoms with Gasteiger partial charge in [0.2, 0.25) is 0 Å². The zero-order chi connectivity index (χ0) is 20.0. The number of rotatable bonds is 4. The first-order chi connectivity index (χ1) is 12.8. The Morgan fingerprint density at radius 2 is 1.63 bits per heavy atom. The molecule has 0 radical (unpaired) electrons. The van der Waals surface area contributed by atoms with Crippen LogP contribution in [0.2, 0.25) is 5.02 Å². The summed E-state index contributed by atoms with van der Waals surface area (Å²) < 4.78 is 5.44. The van der Waals surface area contributed by atoms with Gasteiger partial charge in [-0.15, -0.1) is 0 Å². The van der Waals surface area contributed by atoms with Gasteiger partial charge in [0.1, 0.15) is 5.75 Å². The van der Waals surface area contributed by atoms with Gasteiger partial charge < -0.3 is 4.74 Å². The normalized spacial score (nSPS) is 10.1. The number of carbonyl (C=O) groups excluding carboxylic acids is 2. The average Bonchev–Trinajstić information content (AvgIpc) is 2.63. The lowest BCUT2D eigenvalue weighted by Crippen LogP contribution is -2.49. The molecule has 142 valence electrons. The highest BCUT2D eigenvalue weighted by Gasteiger charge is 2.09. The number of halogens is 1. The largest absolute Gasteiger partial charge is 0.484 e. The molecule has 0 atom stereocenters. The molecule has 6 nitrogen and oxygen atoms in total. The molecule has 0 spiro atoms. The fourth-order valence-electron chi connectivity index (χ4n) is 2.21. The summed E-state index contributed by atoms with van der Waals surface area (Å²) >= 11 is 11.1. The van der Waals surface area contributed by atoms with Gasteiger partial charge in [0.25, 0.3) is 11.8 Å². The first-order valence-corrected chi connectivity index (χ1v) is 8.91. The Morgan fingerprint density at radius 3 is 2.22 bits per heavy atom. The van der Waals surface area contributed by atoms with E-state index in [2.05, 4.69) is 16.2 Å². The Hall–Kier alpha value is -2.64. The van der Waals surface area contributed by atoms with E-state index in [9.17, 15) is 9.59 Å². The first-order valence-electron chi connectivity index (χ1n) is 8.12. The topological polar surface area (TPSA) is 79.5 Å². The van der Waals surface area contributed by atoms with Crippen molar-refractivity contribution in [2.75, 3.05) is 6.61 Å². The van der Waals surface area contributed by atoms with Crippen LogP contribution in [0, 0.1) is 20.8 Å². The molecule has 2 rings (SSSR count). The lowest BCUT2D eigenvalue weighted by atomic mass is 10.1. The lowest BCUT2D eigenvalue weighted by Gasteiger charge is -2.12. The Balaban J connectivity index is 1.77. The van der Waals surface area contributed by atoms with Gasteiger partial charge in [-0.1, -0.05) is 29.3 Å². The molecule has 2 aromatic carbocycles. The third-order valence-corrected chi connectivity index (χ3v) is 4.44. The summed E-state index contributed by atoms with van der Waals surface area (Å²) in [6.07, 6.45) is 0. The fourth-order valence-corrected chi connectivity index (χ4v) is 2.47. The summed E-state index contributed by atoms with van der Waals surface area (Å²) in [6.45, 7) is 5.43. The smallest absolute Gasteiger partial charge is 0.276 e. The molecule has 0 aliphatic heterocycles. The Kier molecular flexibility index (Phi) is 7.15. The average molecular weight is 406 g/mol. The third kappa shape index (κ3) is 6.23. The predicted octanol–water partition coefficient (Wildman–Crippen LogP) is 2.98. The zero-order valence-electron chi connectivity index (χ0n) is 15.2. The van der Waals surface area contributed by atoms with Crippen molar-refractivity contribution < 1.29 is 14.3 Å². The number of amides is 2. The summed E-state index contributed by atoms with van der Waals surface area (Å²) in [5, 5.41) is 3.13. The van der Waals surface area contributed by atoms with Gasteiger partial charge in [-0.05, 0) is 68.4 Å². The van der Waals surface area contributed by atoms with Crippen LogP contribution in [0.5, 0.6) is 5.75 Å². The van der Waals surface area contributed by atoms with Crippen molar-refractivity contribution >= 4 is 40.7 Å². The van der Waals surface area contributed by atoms with Crippen LogP contribution >= 0.6 is 23.8 Å². The van der Waals surface area contributed by atoms with Gasteiger partial charge >= 0.3 is 0 Å². The molecule has 2 amide bonds. The number of aryl methyl sites for hydroxylation is 3. The molecule has 0 bridgehead atoms. The van der Waals surface area contributed by atoms with E-state index in [0.29, 0.717) is 16.3 Å². The molecule has 0 aromatic heterocycles. The minimum absolute atomic E-state index is 0.0212. The second kappa shape index (κ2) is 9.34. The van der Waals surface area contributed by atoms with E-state index in [1.165, 1.54) is 0 Å². The van der Waals surface area contributed by atoms with Gasteiger partial charge in [0, 0.05) is 10.6 Å². The van der Waals surface area contributed by atoms with Gasteiger partial charge in [0.15, 0.2) is 11.7 Å². The van der Waals surface area contributed by atoms with Gasteiger partial charge in [-0.3, -0.25) is 25.8 Å². The van der Waals surface area contributed by atoms with E-state index in [-0.39, 0.29) is 17.6 Å². The number of hydrazine groups is 1. The molecular formula is C19H20ClN3O3S. The summed E-state index contributed by atoms with van der Waals surface area (Å²) in [5.74, 6) is -0.280. The summed E-state index contributed by atoms with van der Waals surface area (Å²) in [5.41, 5.74) is 8.07. The van der Waals surface area contributed by atoms with Crippen molar-refractivity contribution in [3.05, 3.63) is 63.7 Å². The standard InChI is InChI=1S/C19H20ClN3O3S/c1-11-4-6-14(7-5-11)18(25)21-19(27)23-22-16(24)10-26-15-8-12(2)17(20)13(3)9-15/h4-9H,10H2,1-3H3,(H,22,24)(H2,21,23,25,27). The molecule has 0 fully saturated rings. The van der Waals surface area contributed by atoms with Crippen molar-refractivity contribution in [1.29, 1.82) is 0 Å². The van der Waals surface area contributed by atoms with Crippen LogP contribution in [0.4, 0.5) is 0 Å². The maximum absolute atomic E-state index is 12.0. The van der Waals surface area contributed by atoms with Crippen LogP contribution in [0.25, 0.3) is 0 Å². The third-order valence-electron chi connectivity index (χ3n) is 3.64. The molecule has 2 aromatic rings. The fraction of sp³-hybridized carbons (Fsp3) is 0.211. The second-order valence-electron chi connectivity index (χ2n) is 5.98. The van der Waals surface area contributed by atoms with Crippen molar-refractivity contribution in [3.63, 3.8) is 0 Å². The number of nitrogens with one attached hydrogen (secondary N) is 3. The molecule has 0 unspecified atom stereocenters. The monoisotopic (exact) mass is 405 g/mol. The van der Waals surface area contributed by atoms with E-state index in [4.69, 9.17) is 28.6 Å². The summed E-state index contributed by atoms with van der Waals surface area (Å²) in [7, 11) is 0. The maximum Gasteiger partial charge on any atom is 0.276 e. The van der Waals surface area contributed by atoms with Gasteiger partial charge in [-0.25, -0.2) is 0 Å². The van der Waals surface area contributed by atoms with E-state index < -0.39 is 5.91 Å². The van der Waals surface area contributed by atoms with Crippen LogP contribution < -0.4 is 20.9 Å². The molecule has 8 heteroatoms. The molecule has 0 saturated heterocycles. The first kappa shape index (κ1) is 20.7. The minimum Gasteiger partial charge on any atom is -0.484 e. The van der Waals surface area contributed by atoms with Crippen molar-refractivity contribution in [2.24, 2.45) is 0 Å². The second-order valence-corrected chi connectivity index (χ2v) is 6.77. The van der Waals surface area contributed by atoms with E-state index in [1.54, 1.807) is 24.3 Å². The molecule has 0 saturated carbocycles. The number of carbonyl (C=O) groups is 2. The van der Waals surface area contributed by atoms with Crippen LogP contribution in [0.3, 0.4) is 0 Å². The number of benzene rings is 2. The molecular weight excluding hydrogens is 386 g/mol. The van der Waals surface area contributed by atoms with E-state index in [1.807, 2.05) is 32.9 Å². The Labute approximate surface area is 168 Å². The highest BCUT2D eigenvalue weighted by atomic mass is 35.5. The number of hydrogen-bond donors (Lipinski definition) is 3. The van der Waals surface area contributed by atoms with Gasteiger partial charge in [0.05, 0.1) is 0 Å². The molecule has 0 aliphatic carbocycles. The Bertz CT molecular complexity index is 846. The van der Waals surface area contributed by atoms with Crippen molar-refractivity contribution in [2.45, 2.75) is 20.8 Å².